The molecule has 1 aromatic rings. The summed E-state index contributed by atoms with van der Waals surface area (Å²) in [7, 11) is 1.86. The van der Waals surface area contributed by atoms with Crippen LogP contribution in [0.25, 0.3) is 0 Å². The van der Waals surface area contributed by atoms with Crippen LogP contribution < -0.4 is 5.32 Å². The fraction of sp³-hybridized carbons (Fsp3) is 0.733. The standard InChI is InChI=1S/C15H24BrN3O/c1-3-13-12(9-19(2)18-13)14(20)17-11-15(10-16)7-5-4-6-8-15/h9H,3-8,10-11H2,1-2H3,(H,17,20). The van der Waals surface area contributed by atoms with Gasteiger partial charge in [0, 0.05) is 25.1 Å². The van der Waals surface area contributed by atoms with Gasteiger partial charge in [0.25, 0.3) is 5.91 Å². The maximum absolute atomic E-state index is 12.4. The molecule has 1 saturated carbocycles. The van der Waals surface area contributed by atoms with Crippen LogP contribution in [-0.4, -0.2) is 27.6 Å². The van der Waals surface area contributed by atoms with Crippen LogP contribution in [0.4, 0.5) is 0 Å². The summed E-state index contributed by atoms with van der Waals surface area (Å²) >= 11 is 3.64. The second-order valence-corrected chi connectivity index (χ2v) is 6.45. The van der Waals surface area contributed by atoms with Crippen molar-refractivity contribution in [3.05, 3.63) is 17.5 Å². The number of hydrogen-bond donors (Lipinski definition) is 1. The number of nitrogens with one attached hydrogen (secondary N) is 1. The van der Waals surface area contributed by atoms with Gasteiger partial charge in [0.2, 0.25) is 0 Å². The Morgan fingerprint density at radius 1 is 1.45 bits per heavy atom. The molecule has 0 radical (unpaired) electrons. The molecule has 5 heteroatoms. The van der Waals surface area contributed by atoms with E-state index in [1.165, 1.54) is 32.1 Å². The van der Waals surface area contributed by atoms with Crippen LogP contribution in [0.3, 0.4) is 0 Å². The molecule has 0 bridgehead atoms. The zero-order valence-electron chi connectivity index (χ0n) is 12.4. The molecule has 4 nitrogen and oxygen atoms in total. The van der Waals surface area contributed by atoms with Gasteiger partial charge < -0.3 is 5.32 Å². The Balaban J connectivity index is 2.00. The van der Waals surface area contributed by atoms with Crippen LogP contribution in [0.5, 0.6) is 0 Å². The quantitative estimate of drug-likeness (QED) is 0.836. The minimum atomic E-state index is 0.0147. The summed E-state index contributed by atoms with van der Waals surface area (Å²) in [4.78, 5) is 12.4. The number of hydrogen-bond acceptors (Lipinski definition) is 2. The van der Waals surface area contributed by atoms with E-state index in [1.54, 1.807) is 4.68 Å². The normalized spacial score (nSPS) is 17.9. The van der Waals surface area contributed by atoms with E-state index >= 15 is 0 Å². The van der Waals surface area contributed by atoms with Gasteiger partial charge in [0.15, 0.2) is 0 Å². The van der Waals surface area contributed by atoms with Gasteiger partial charge in [-0.3, -0.25) is 9.48 Å². The highest BCUT2D eigenvalue weighted by atomic mass is 79.9. The molecule has 0 spiro atoms. The molecule has 0 aromatic carbocycles. The lowest BCUT2D eigenvalue weighted by molar-refractivity contribution is 0.0921. The summed E-state index contributed by atoms with van der Waals surface area (Å²) in [5, 5.41) is 8.42. The summed E-state index contributed by atoms with van der Waals surface area (Å²) < 4.78 is 1.72. The summed E-state index contributed by atoms with van der Waals surface area (Å²) in [5.41, 5.74) is 1.83. The molecule has 1 N–H and O–H groups in total. The monoisotopic (exact) mass is 341 g/mol. The third-order valence-corrected chi connectivity index (χ3v) is 5.50. The first-order valence-electron chi connectivity index (χ1n) is 7.47. The Kier molecular flexibility index (Phi) is 5.24. The Morgan fingerprint density at radius 2 is 2.15 bits per heavy atom. The fourth-order valence-electron chi connectivity index (χ4n) is 3.01. The number of amides is 1. The highest BCUT2D eigenvalue weighted by Gasteiger charge is 2.31. The number of carbonyl (C=O) groups is 1. The second-order valence-electron chi connectivity index (χ2n) is 5.89. The largest absolute Gasteiger partial charge is 0.351 e. The lowest BCUT2D eigenvalue weighted by Gasteiger charge is -2.35. The predicted molar refractivity (Wildman–Crippen MR) is 84.2 cm³/mol. The van der Waals surface area contributed by atoms with E-state index < -0.39 is 0 Å². The third kappa shape index (κ3) is 3.43. The van der Waals surface area contributed by atoms with Crippen molar-refractivity contribution in [2.24, 2.45) is 12.5 Å². The molecule has 1 heterocycles. The van der Waals surface area contributed by atoms with E-state index in [1.807, 2.05) is 20.2 Å². The van der Waals surface area contributed by atoms with Crippen LogP contribution >= 0.6 is 15.9 Å². The van der Waals surface area contributed by atoms with E-state index in [2.05, 4.69) is 26.3 Å². The Morgan fingerprint density at radius 3 is 2.75 bits per heavy atom. The van der Waals surface area contributed by atoms with Crippen LogP contribution in [0, 0.1) is 5.41 Å². The fourth-order valence-corrected chi connectivity index (χ4v) is 3.77. The lowest BCUT2D eigenvalue weighted by Crippen LogP contribution is -2.40. The third-order valence-electron chi connectivity index (χ3n) is 4.31. The molecule has 20 heavy (non-hydrogen) atoms. The highest BCUT2D eigenvalue weighted by Crippen LogP contribution is 2.37. The van der Waals surface area contributed by atoms with E-state index in [0.717, 1.165) is 29.6 Å². The van der Waals surface area contributed by atoms with Crippen molar-refractivity contribution >= 4 is 21.8 Å². The maximum atomic E-state index is 12.4. The van der Waals surface area contributed by atoms with E-state index in [9.17, 15) is 4.79 Å². The van der Waals surface area contributed by atoms with E-state index in [4.69, 9.17) is 0 Å². The number of alkyl halides is 1. The average molecular weight is 342 g/mol. The van der Waals surface area contributed by atoms with Gasteiger partial charge in [-0.05, 0) is 24.7 Å². The Bertz CT molecular complexity index is 464. The van der Waals surface area contributed by atoms with Gasteiger partial charge in [0.05, 0.1) is 11.3 Å². The SMILES string of the molecule is CCc1nn(C)cc1C(=O)NCC1(CBr)CCCCC1. The zero-order chi connectivity index (χ0) is 14.6. The molecular weight excluding hydrogens is 318 g/mol. The summed E-state index contributed by atoms with van der Waals surface area (Å²) in [6, 6.07) is 0. The molecule has 2 rings (SSSR count). The molecule has 0 saturated heterocycles. The van der Waals surface area contributed by atoms with Gasteiger partial charge in [-0.25, -0.2) is 0 Å². The molecule has 112 valence electrons. The van der Waals surface area contributed by atoms with Crippen molar-refractivity contribution in [2.45, 2.75) is 45.4 Å². The number of nitrogens with zero attached hydrogens (tertiary/aromatic N) is 2. The van der Waals surface area contributed by atoms with E-state index in [0.29, 0.717) is 0 Å². The molecular formula is C15H24BrN3O. The number of carbonyl (C=O) groups excluding carboxylic acids is 1. The van der Waals surface area contributed by atoms with Crippen molar-refractivity contribution in [1.29, 1.82) is 0 Å². The van der Waals surface area contributed by atoms with Crippen molar-refractivity contribution in [1.82, 2.24) is 15.1 Å². The van der Waals surface area contributed by atoms with Gasteiger partial charge in [-0.15, -0.1) is 0 Å². The molecule has 1 aliphatic carbocycles. The van der Waals surface area contributed by atoms with Gasteiger partial charge in [0.1, 0.15) is 0 Å². The summed E-state index contributed by atoms with van der Waals surface area (Å²) in [6.45, 7) is 2.79. The van der Waals surface area contributed by atoms with Crippen LogP contribution in [0.1, 0.15) is 55.1 Å². The maximum Gasteiger partial charge on any atom is 0.254 e. The molecule has 1 aliphatic rings. The van der Waals surface area contributed by atoms with Gasteiger partial charge in [-0.1, -0.05) is 42.1 Å². The highest BCUT2D eigenvalue weighted by molar-refractivity contribution is 9.09. The number of aromatic nitrogens is 2. The second kappa shape index (κ2) is 6.74. The number of halogens is 1. The van der Waals surface area contributed by atoms with Crippen LogP contribution in [-0.2, 0) is 13.5 Å². The molecule has 1 aromatic heterocycles. The molecule has 0 unspecified atom stereocenters. The first-order valence-corrected chi connectivity index (χ1v) is 8.59. The summed E-state index contributed by atoms with van der Waals surface area (Å²) in [5.74, 6) is 0.0147. The Labute approximate surface area is 129 Å². The predicted octanol–water partition coefficient (Wildman–Crippen LogP) is 3.06. The van der Waals surface area contributed by atoms with Gasteiger partial charge in [-0.2, -0.15) is 5.10 Å². The number of rotatable bonds is 5. The molecule has 0 atom stereocenters. The smallest absolute Gasteiger partial charge is 0.254 e. The topological polar surface area (TPSA) is 46.9 Å². The summed E-state index contributed by atoms with van der Waals surface area (Å²) in [6.07, 6.45) is 8.87. The minimum Gasteiger partial charge on any atom is -0.351 e. The first kappa shape index (κ1) is 15.5. The van der Waals surface area contributed by atoms with Crippen molar-refractivity contribution < 1.29 is 4.79 Å². The van der Waals surface area contributed by atoms with Crippen LogP contribution in [0.2, 0.25) is 0 Å². The van der Waals surface area contributed by atoms with Crippen molar-refractivity contribution in [2.75, 3.05) is 11.9 Å². The Hall–Kier alpha value is -0.840. The molecule has 1 amide bonds. The minimum absolute atomic E-state index is 0.0147. The zero-order valence-corrected chi connectivity index (χ0v) is 14.0. The van der Waals surface area contributed by atoms with Crippen molar-refractivity contribution in [3.8, 4) is 0 Å². The molecule has 0 aliphatic heterocycles. The molecule has 1 fully saturated rings. The lowest BCUT2D eigenvalue weighted by atomic mass is 9.75. The number of aryl methyl sites for hydroxylation is 2. The van der Waals surface area contributed by atoms with Crippen LogP contribution in [0.15, 0.2) is 6.20 Å². The average Bonchev–Trinajstić information content (AvgIpc) is 2.87. The van der Waals surface area contributed by atoms with E-state index in [-0.39, 0.29) is 11.3 Å². The van der Waals surface area contributed by atoms with Crippen molar-refractivity contribution in [3.63, 3.8) is 0 Å². The van der Waals surface area contributed by atoms with Gasteiger partial charge >= 0.3 is 0 Å². The first-order chi connectivity index (χ1) is 9.60.